The molecule has 6 heteroatoms. The maximum atomic E-state index is 13.2. The molecule has 0 radical (unpaired) electrons. The molecule has 0 N–H and O–H groups in total. The van der Waals surface area contributed by atoms with E-state index in [9.17, 15) is 9.18 Å². The minimum atomic E-state index is -0.353. The normalized spacial score (nSPS) is 15.8. The Labute approximate surface area is 179 Å². The molecule has 154 valence electrons. The van der Waals surface area contributed by atoms with Crippen molar-refractivity contribution in [1.29, 1.82) is 0 Å². The molecule has 3 aromatic rings. The van der Waals surface area contributed by atoms with Gasteiger partial charge >= 0.3 is 0 Å². The van der Waals surface area contributed by atoms with E-state index in [0.29, 0.717) is 30.2 Å². The standard InChI is InChI=1S/C24H22FNO3S/c1-28-21-12-9-19(15-22(21)29-16-17-5-3-2-4-6-17)24-26(13-14-30-24)23(27)18-7-10-20(25)11-8-18/h2-12,15,24H,13-14,16H2,1H3/t24-/m0/s1. The fraction of sp³-hybridized carbons (Fsp3) is 0.208. The zero-order chi connectivity index (χ0) is 20.9. The van der Waals surface area contributed by atoms with E-state index in [-0.39, 0.29) is 17.1 Å². The second-order valence-corrected chi connectivity index (χ2v) is 8.10. The lowest BCUT2D eigenvalue weighted by Crippen LogP contribution is -2.30. The molecular weight excluding hydrogens is 401 g/mol. The van der Waals surface area contributed by atoms with E-state index in [2.05, 4.69) is 0 Å². The Morgan fingerprint density at radius 3 is 2.57 bits per heavy atom. The highest BCUT2D eigenvalue weighted by atomic mass is 32.2. The Morgan fingerprint density at radius 1 is 1.07 bits per heavy atom. The summed E-state index contributed by atoms with van der Waals surface area (Å²) in [5.74, 6) is 1.67. The first kappa shape index (κ1) is 20.3. The zero-order valence-corrected chi connectivity index (χ0v) is 17.4. The summed E-state index contributed by atoms with van der Waals surface area (Å²) in [6.45, 7) is 1.06. The molecule has 30 heavy (non-hydrogen) atoms. The van der Waals surface area contributed by atoms with Gasteiger partial charge < -0.3 is 14.4 Å². The predicted octanol–water partition coefficient (Wildman–Crippen LogP) is 5.30. The minimum Gasteiger partial charge on any atom is -0.493 e. The van der Waals surface area contributed by atoms with Crippen LogP contribution in [0.5, 0.6) is 11.5 Å². The van der Waals surface area contributed by atoms with E-state index in [4.69, 9.17) is 9.47 Å². The van der Waals surface area contributed by atoms with Crippen LogP contribution in [0.15, 0.2) is 72.8 Å². The molecule has 4 nitrogen and oxygen atoms in total. The van der Waals surface area contributed by atoms with E-state index in [1.165, 1.54) is 24.3 Å². The van der Waals surface area contributed by atoms with E-state index < -0.39 is 0 Å². The SMILES string of the molecule is COc1ccc([C@@H]2SCCN2C(=O)c2ccc(F)cc2)cc1OCc1ccccc1. The molecule has 0 aliphatic carbocycles. The number of carbonyl (C=O) groups is 1. The van der Waals surface area contributed by atoms with Gasteiger partial charge in [-0.15, -0.1) is 11.8 Å². The lowest BCUT2D eigenvalue weighted by molar-refractivity contribution is 0.0760. The lowest BCUT2D eigenvalue weighted by atomic mass is 10.1. The number of carbonyl (C=O) groups excluding carboxylic acids is 1. The van der Waals surface area contributed by atoms with Crippen LogP contribution in [0.3, 0.4) is 0 Å². The third-order valence-corrected chi connectivity index (χ3v) is 6.21. The van der Waals surface area contributed by atoms with Gasteiger partial charge in [-0.05, 0) is 47.5 Å². The summed E-state index contributed by atoms with van der Waals surface area (Å²) in [6, 6.07) is 21.4. The molecule has 1 heterocycles. The Morgan fingerprint density at radius 2 is 1.83 bits per heavy atom. The number of amides is 1. The summed E-state index contributed by atoms with van der Waals surface area (Å²) in [5, 5.41) is -0.132. The molecule has 3 aromatic carbocycles. The van der Waals surface area contributed by atoms with Crippen LogP contribution in [0, 0.1) is 5.82 Å². The summed E-state index contributed by atoms with van der Waals surface area (Å²) in [6.07, 6.45) is 0. The molecule has 0 spiro atoms. The first-order valence-corrected chi connectivity index (χ1v) is 10.7. The monoisotopic (exact) mass is 423 g/mol. The molecule has 1 aliphatic rings. The number of nitrogens with zero attached hydrogens (tertiary/aromatic N) is 1. The van der Waals surface area contributed by atoms with Crippen LogP contribution in [-0.4, -0.2) is 30.2 Å². The Balaban J connectivity index is 1.56. The summed E-state index contributed by atoms with van der Waals surface area (Å²) in [5.41, 5.74) is 2.52. The van der Waals surface area contributed by atoms with Gasteiger partial charge in [0.05, 0.1) is 7.11 Å². The number of benzene rings is 3. The van der Waals surface area contributed by atoms with Gasteiger partial charge in [0.25, 0.3) is 5.91 Å². The second kappa shape index (κ2) is 9.22. The van der Waals surface area contributed by atoms with E-state index >= 15 is 0 Å². The van der Waals surface area contributed by atoms with Crippen molar-refractivity contribution in [1.82, 2.24) is 4.90 Å². The molecule has 1 aliphatic heterocycles. The summed E-state index contributed by atoms with van der Waals surface area (Å²) >= 11 is 1.70. The van der Waals surface area contributed by atoms with Gasteiger partial charge in [-0.3, -0.25) is 4.79 Å². The maximum absolute atomic E-state index is 13.2. The number of hydrogen-bond acceptors (Lipinski definition) is 4. The fourth-order valence-electron chi connectivity index (χ4n) is 3.41. The summed E-state index contributed by atoms with van der Waals surface area (Å²) < 4.78 is 24.7. The van der Waals surface area contributed by atoms with E-state index in [1.807, 2.05) is 53.4 Å². The molecule has 1 fully saturated rings. The quantitative estimate of drug-likeness (QED) is 0.539. The highest BCUT2D eigenvalue weighted by Crippen LogP contribution is 2.41. The molecule has 0 aromatic heterocycles. The molecule has 0 bridgehead atoms. The highest BCUT2D eigenvalue weighted by Gasteiger charge is 2.32. The predicted molar refractivity (Wildman–Crippen MR) is 116 cm³/mol. The first-order chi connectivity index (χ1) is 14.7. The van der Waals surface area contributed by atoms with Gasteiger partial charge in [0.2, 0.25) is 0 Å². The molecular formula is C24H22FNO3S. The van der Waals surface area contributed by atoms with Crippen molar-refractivity contribution in [2.24, 2.45) is 0 Å². The van der Waals surface area contributed by atoms with Gasteiger partial charge in [-0.25, -0.2) is 4.39 Å². The zero-order valence-electron chi connectivity index (χ0n) is 16.6. The number of hydrogen-bond donors (Lipinski definition) is 0. The third kappa shape index (κ3) is 4.44. The molecule has 4 rings (SSSR count). The summed E-state index contributed by atoms with van der Waals surface area (Å²) in [7, 11) is 1.61. The van der Waals surface area contributed by atoms with Gasteiger partial charge in [-0.2, -0.15) is 0 Å². The van der Waals surface area contributed by atoms with Crippen molar-refractivity contribution in [2.45, 2.75) is 12.0 Å². The van der Waals surface area contributed by atoms with Gasteiger partial charge in [0.15, 0.2) is 11.5 Å². The van der Waals surface area contributed by atoms with Crippen LogP contribution < -0.4 is 9.47 Å². The van der Waals surface area contributed by atoms with E-state index in [0.717, 1.165) is 16.9 Å². The third-order valence-electron chi connectivity index (χ3n) is 4.95. The summed E-state index contributed by atoms with van der Waals surface area (Å²) in [4.78, 5) is 14.8. The second-order valence-electron chi connectivity index (χ2n) is 6.91. The molecule has 0 saturated carbocycles. The number of rotatable bonds is 6. The minimum absolute atomic E-state index is 0.104. The van der Waals surface area contributed by atoms with Crippen LogP contribution in [0.25, 0.3) is 0 Å². The topological polar surface area (TPSA) is 38.8 Å². The van der Waals surface area contributed by atoms with Gasteiger partial charge in [0, 0.05) is 17.9 Å². The number of halogens is 1. The molecule has 0 unspecified atom stereocenters. The molecule has 1 saturated heterocycles. The Hall–Kier alpha value is -2.99. The Kier molecular flexibility index (Phi) is 6.23. The van der Waals surface area contributed by atoms with Crippen molar-refractivity contribution in [3.8, 4) is 11.5 Å². The van der Waals surface area contributed by atoms with Crippen LogP contribution in [0.1, 0.15) is 26.9 Å². The number of methoxy groups -OCH3 is 1. The average Bonchev–Trinajstić information content (AvgIpc) is 3.28. The number of ether oxygens (including phenoxy) is 2. The van der Waals surface area contributed by atoms with Gasteiger partial charge in [0.1, 0.15) is 17.8 Å². The fourth-order valence-corrected chi connectivity index (χ4v) is 4.65. The van der Waals surface area contributed by atoms with Crippen molar-refractivity contribution in [3.05, 3.63) is 95.3 Å². The van der Waals surface area contributed by atoms with Crippen molar-refractivity contribution in [2.75, 3.05) is 19.4 Å². The van der Waals surface area contributed by atoms with Crippen LogP contribution >= 0.6 is 11.8 Å². The highest BCUT2D eigenvalue weighted by molar-refractivity contribution is 7.99. The van der Waals surface area contributed by atoms with Crippen molar-refractivity contribution in [3.63, 3.8) is 0 Å². The lowest BCUT2D eigenvalue weighted by Gasteiger charge is -2.25. The van der Waals surface area contributed by atoms with Crippen molar-refractivity contribution < 1.29 is 18.7 Å². The number of thioether (sulfide) groups is 1. The van der Waals surface area contributed by atoms with Crippen LogP contribution in [-0.2, 0) is 6.61 Å². The molecule has 1 amide bonds. The average molecular weight is 424 g/mol. The van der Waals surface area contributed by atoms with Crippen LogP contribution in [0.2, 0.25) is 0 Å². The smallest absolute Gasteiger partial charge is 0.255 e. The Bertz CT molecular complexity index is 1010. The van der Waals surface area contributed by atoms with Crippen LogP contribution in [0.4, 0.5) is 4.39 Å². The largest absolute Gasteiger partial charge is 0.493 e. The maximum Gasteiger partial charge on any atom is 0.255 e. The molecule has 1 atom stereocenters. The first-order valence-electron chi connectivity index (χ1n) is 9.68. The van der Waals surface area contributed by atoms with Crippen molar-refractivity contribution >= 4 is 17.7 Å². The van der Waals surface area contributed by atoms with E-state index in [1.54, 1.807) is 18.9 Å². The van der Waals surface area contributed by atoms with Gasteiger partial charge in [-0.1, -0.05) is 36.4 Å².